The minimum atomic E-state index is -3.43. The molecule has 1 aliphatic rings. The first kappa shape index (κ1) is 24.4. The molecule has 2 aromatic carbocycles. The average molecular weight is 460 g/mol. The molecule has 0 aliphatic carbocycles. The third kappa shape index (κ3) is 5.56. The van der Waals surface area contributed by atoms with Crippen LogP contribution in [0.3, 0.4) is 0 Å². The third-order valence-electron chi connectivity index (χ3n) is 6.01. The number of benzene rings is 2. The molecule has 2 unspecified atom stereocenters. The van der Waals surface area contributed by atoms with Gasteiger partial charge in [-0.05, 0) is 89.4 Å². The molecule has 2 atom stereocenters. The van der Waals surface area contributed by atoms with Gasteiger partial charge in [0.25, 0.3) is 0 Å². The Labute approximate surface area is 193 Å². The van der Waals surface area contributed by atoms with Crippen LogP contribution in [0.5, 0.6) is 0 Å². The van der Waals surface area contributed by atoms with Crippen molar-refractivity contribution >= 4 is 27.1 Å². The van der Waals surface area contributed by atoms with Gasteiger partial charge in [0.15, 0.2) is 0 Å². The van der Waals surface area contributed by atoms with Gasteiger partial charge in [-0.3, -0.25) is 4.72 Å². The lowest BCUT2D eigenvalue weighted by Crippen LogP contribution is -2.45. The molecule has 6 nitrogen and oxygen atoms in total. The first-order valence-electron chi connectivity index (χ1n) is 11.2. The quantitative estimate of drug-likeness (QED) is 0.631. The van der Waals surface area contributed by atoms with E-state index >= 15 is 0 Å². The summed E-state index contributed by atoms with van der Waals surface area (Å²) in [6.45, 7) is 16.1. The van der Waals surface area contributed by atoms with Crippen LogP contribution in [0.2, 0.25) is 0 Å². The molecular weight excluding hydrogens is 422 g/mol. The Morgan fingerprint density at radius 3 is 2.12 bits per heavy atom. The Kier molecular flexibility index (Phi) is 7.10. The number of anilines is 3. The molecule has 0 bridgehead atoms. The number of sulfonamides is 1. The fourth-order valence-electron chi connectivity index (χ4n) is 3.91. The van der Waals surface area contributed by atoms with Gasteiger partial charge in [-0.15, -0.1) is 0 Å². The Bertz CT molecular complexity index is 1030. The van der Waals surface area contributed by atoms with Gasteiger partial charge in [-0.2, -0.15) is 0 Å². The average Bonchev–Trinajstić information content (AvgIpc) is 2.68. The number of ether oxygens (including phenoxy) is 1. The van der Waals surface area contributed by atoms with Crippen molar-refractivity contribution < 1.29 is 13.2 Å². The SMILES string of the molecule is Cc1c(NCc2ccc(NS(=O)(=O)C(C)(C)C)cc2)ccc(N2CC(C)OC(C)C2)c1C. The molecule has 0 saturated carbocycles. The predicted molar refractivity (Wildman–Crippen MR) is 134 cm³/mol. The van der Waals surface area contributed by atoms with Gasteiger partial charge in [0, 0.05) is 36.7 Å². The normalized spacial score (nSPS) is 19.7. The van der Waals surface area contributed by atoms with Crippen molar-refractivity contribution in [1.82, 2.24) is 0 Å². The summed E-state index contributed by atoms with van der Waals surface area (Å²) in [5.74, 6) is 0. The second-order valence-electron chi connectivity index (χ2n) is 9.81. The minimum Gasteiger partial charge on any atom is -0.381 e. The van der Waals surface area contributed by atoms with Crippen LogP contribution in [0.15, 0.2) is 36.4 Å². The van der Waals surface area contributed by atoms with Gasteiger partial charge in [-0.1, -0.05) is 12.1 Å². The van der Waals surface area contributed by atoms with Crippen molar-refractivity contribution in [3.8, 4) is 0 Å². The van der Waals surface area contributed by atoms with E-state index in [0.29, 0.717) is 12.2 Å². The molecule has 0 amide bonds. The van der Waals surface area contributed by atoms with E-state index in [-0.39, 0.29) is 12.2 Å². The second-order valence-corrected chi connectivity index (χ2v) is 12.2. The second kappa shape index (κ2) is 9.32. The molecule has 0 aromatic heterocycles. The van der Waals surface area contributed by atoms with Crippen LogP contribution < -0.4 is 14.9 Å². The topological polar surface area (TPSA) is 70.7 Å². The van der Waals surface area contributed by atoms with E-state index in [4.69, 9.17) is 4.74 Å². The summed E-state index contributed by atoms with van der Waals surface area (Å²) >= 11 is 0. The molecule has 7 heteroatoms. The largest absolute Gasteiger partial charge is 0.381 e. The lowest BCUT2D eigenvalue weighted by Gasteiger charge is -2.38. The molecule has 2 aromatic rings. The van der Waals surface area contributed by atoms with Crippen LogP contribution in [0, 0.1) is 13.8 Å². The minimum absolute atomic E-state index is 0.229. The van der Waals surface area contributed by atoms with Crippen LogP contribution in [-0.2, 0) is 21.3 Å². The van der Waals surface area contributed by atoms with Gasteiger partial charge in [-0.25, -0.2) is 8.42 Å². The van der Waals surface area contributed by atoms with E-state index in [9.17, 15) is 8.42 Å². The number of morpholine rings is 1. The van der Waals surface area contributed by atoms with Gasteiger partial charge in [0.1, 0.15) is 0 Å². The van der Waals surface area contributed by atoms with E-state index in [2.05, 4.69) is 54.8 Å². The number of rotatable bonds is 6. The number of nitrogens with one attached hydrogen (secondary N) is 2. The van der Waals surface area contributed by atoms with Crippen LogP contribution in [0.25, 0.3) is 0 Å². The maximum Gasteiger partial charge on any atom is 0.237 e. The Morgan fingerprint density at radius 2 is 1.56 bits per heavy atom. The molecule has 32 heavy (non-hydrogen) atoms. The molecule has 1 heterocycles. The highest BCUT2D eigenvalue weighted by Crippen LogP contribution is 2.31. The number of nitrogens with zero attached hydrogens (tertiary/aromatic N) is 1. The van der Waals surface area contributed by atoms with Gasteiger partial charge in [0.05, 0.1) is 17.0 Å². The van der Waals surface area contributed by atoms with Gasteiger partial charge in [0.2, 0.25) is 10.0 Å². The van der Waals surface area contributed by atoms with Crippen molar-refractivity contribution in [1.29, 1.82) is 0 Å². The summed E-state index contributed by atoms with van der Waals surface area (Å²) in [6, 6.07) is 11.8. The van der Waals surface area contributed by atoms with Crippen molar-refractivity contribution in [3.05, 3.63) is 53.1 Å². The Morgan fingerprint density at radius 1 is 0.969 bits per heavy atom. The van der Waals surface area contributed by atoms with Crippen LogP contribution in [0.1, 0.15) is 51.3 Å². The predicted octanol–water partition coefficient (Wildman–Crippen LogP) is 5.07. The van der Waals surface area contributed by atoms with E-state index < -0.39 is 14.8 Å². The zero-order chi connectivity index (χ0) is 23.7. The standard InChI is InChI=1S/C25H37N3O3S/c1-17-15-28(16-18(2)31-17)24-13-12-23(19(3)20(24)4)26-14-21-8-10-22(11-9-21)27-32(29,30)25(5,6)7/h8-13,17-18,26-27H,14-16H2,1-7H3. The van der Waals surface area contributed by atoms with E-state index in [0.717, 1.165) is 24.3 Å². The maximum atomic E-state index is 12.3. The van der Waals surface area contributed by atoms with Crippen molar-refractivity contribution in [3.63, 3.8) is 0 Å². The van der Waals surface area contributed by atoms with Crippen molar-refractivity contribution in [2.45, 2.75) is 72.0 Å². The Balaban J connectivity index is 1.66. The number of hydrogen-bond acceptors (Lipinski definition) is 5. The molecule has 1 fully saturated rings. The number of hydrogen-bond donors (Lipinski definition) is 2. The van der Waals surface area contributed by atoms with E-state index in [1.54, 1.807) is 20.8 Å². The first-order valence-corrected chi connectivity index (χ1v) is 12.7. The zero-order valence-corrected chi connectivity index (χ0v) is 21.1. The molecule has 2 N–H and O–H groups in total. The summed E-state index contributed by atoms with van der Waals surface area (Å²) in [5, 5.41) is 3.53. The van der Waals surface area contributed by atoms with E-state index in [1.807, 2.05) is 24.3 Å². The van der Waals surface area contributed by atoms with Gasteiger partial charge >= 0.3 is 0 Å². The molecule has 0 radical (unpaired) electrons. The summed E-state index contributed by atoms with van der Waals surface area (Å²) in [6.07, 6.45) is 0.458. The van der Waals surface area contributed by atoms with Crippen LogP contribution >= 0.6 is 0 Å². The fraction of sp³-hybridized carbons (Fsp3) is 0.520. The third-order valence-corrected chi connectivity index (χ3v) is 8.13. The van der Waals surface area contributed by atoms with Crippen molar-refractivity contribution in [2.75, 3.05) is 28.0 Å². The monoisotopic (exact) mass is 459 g/mol. The lowest BCUT2D eigenvalue weighted by atomic mass is 10.0. The van der Waals surface area contributed by atoms with Crippen molar-refractivity contribution in [2.24, 2.45) is 0 Å². The van der Waals surface area contributed by atoms with Gasteiger partial charge < -0.3 is 15.0 Å². The molecule has 176 valence electrons. The highest BCUT2D eigenvalue weighted by molar-refractivity contribution is 7.94. The van der Waals surface area contributed by atoms with E-state index in [1.165, 1.54) is 16.8 Å². The zero-order valence-electron chi connectivity index (χ0n) is 20.3. The highest BCUT2D eigenvalue weighted by atomic mass is 32.2. The van der Waals surface area contributed by atoms with Crippen LogP contribution in [0.4, 0.5) is 17.1 Å². The first-order chi connectivity index (χ1) is 14.9. The van der Waals surface area contributed by atoms with Crippen LogP contribution in [-0.4, -0.2) is 38.5 Å². The molecule has 0 spiro atoms. The highest BCUT2D eigenvalue weighted by Gasteiger charge is 2.28. The maximum absolute atomic E-state index is 12.3. The summed E-state index contributed by atoms with van der Waals surface area (Å²) in [5.41, 5.74) is 6.56. The smallest absolute Gasteiger partial charge is 0.237 e. The molecule has 3 rings (SSSR count). The summed E-state index contributed by atoms with van der Waals surface area (Å²) < 4.78 is 32.3. The molecular formula is C25H37N3O3S. The summed E-state index contributed by atoms with van der Waals surface area (Å²) in [7, 11) is -3.43. The Hall–Kier alpha value is -2.25. The molecule has 1 saturated heterocycles. The summed E-state index contributed by atoms with van der Waals surface area (Å²) in [4.78, 5) is 2.42. The fourth-order valence-corrected chi connectivity index (χ4v) is 4.66. The lowest BCUT2D eigenvalue weighted by molar-refractivity contribution is -0.00524. The molecule has 1 aliphatic heterocycles.